The van der Waals surface area contributed by atoms with Gasteiger partial charge in [0.05, 0.1) is 0 Å². The highest BCUT2D eigenvalue weighted by Gasteiger charge is 2.29. The number of carbonyl (C=O) groups excluding carboxylic acids is 1. The van der Waals surface area contributed by atoms with Crippen LogP contribution in [-0.4, -0.2) is 30.1 Å². The molecule has 0 aromatic rings. The van der Waals surface area contributed by atoms with Crippen molar-refractivity contribution in [3.05, 3.63) is 0 Å². The van der Waals surface area contributed by atoms with Crippen molar-refractivity contribution in [2.45, 2.75) is 25.8 Å². The summed E-state index contributed by atoms with van der Waals surface area (Å²) in [5, 5.41) is 0. The number of carbonyl (C=O) groups is 1. The minimum absolute atomic E-state index is 0.149. The number of likely N-dealkylation sites (tertiary alicyclic amines) is 1. The van der Waals surface area contributed by atoms with Gasteiger partial charge in [-0.15, -0.1) is 0 Å². The van der Waals surface area contributed by atoms with Crippen LogP contribution >= 0.6 is 0 Å². The second-order valence-electron chi connectivity index (χ2n) is 3.45. The van der Waals surface area contributed by atoms with Gasteiger partial charge in [0.1, 0.15) is 0 Å². The molecule has 1 aliphatic heterocycles. The van der Waals surface area contributed by atoms with E-state index in [0.717, 1.165) is 19.4 Å². The molecular formula is C8H17N3O. The molecule has 1 aliphatic rings. The lowest BCUT2D eigenvalue weighted by Gasteiger charge is -2.38. The molecule has 1 saturated heterocycles. The zero-order valence-corrected chi connectivity index (χ0v) is 7.49. The average Bonchev–Trinajstić information content (AvgIpc) is 2.03. The lowest BCUT2D eigenvalue weighted by Crippen LogP contribution is -2.53. The molecule has 0 saturated carbocycles. The lowest BCUT2D eigenvalue weighted by atomic mass is 9.91. The molecule has 70 valence electrons. The molecule has 4 N–H and O–H groups in total. The first kappa shape index (κ1) is 9.32. The molecule has 0 bridgehead atoms. The number of rotatable bonds is 1. The summed E-state index contributed by atoms with van der Waals surface area (Å²) in [6, 6.07) is -0.187. The van der Waals surface area contributed by atoms with Crippen molar-refractivity contribution in [2.75, 3.05) is 13.1 Å². The SMILES string of the molecule is CC1CCCN(C(N)=O)C1CN. The number of nitrogens with zero attached hydrogens (tertiary/aromatic N) is 1. The van der Waals surface area contributed by atoms with Crippen molar-refractivity contribution in [1.82, 2.24) is 4.90 Å². The van der Waals surface area contributed by atoms with Crippen molar-refractivity contribution in [2.24, 2.45) is 17.4 Å². The summed E-state index contributed by atoms with van der Waals surface area (Å²) >= 11 is 0. The molecular weight excluding hydrogens is 154 g/mol. The van der Waals surface area contributed by atoms with Crippen molar-refractivity contribution in [3.63, 3.8) is 0 Å². The second kappa shape index (κ2) is 3.76. The third-order valence-electron chi connectivity index (χ3n) is 2.64. The highest BCUT2D eigenvalue weighted by Crippen LogP contribution is 2.21. The summed E-state index contributed by atoms with van der Waals surface area (Å²) in [5.41, 5.74) is 10.8. The van der Waals surface area contributed by atoms with Crippen molar-refractivity contribution < 1.29 is 4.79 Å². The van der Waals surface area contributed by atoms with Gasteiger partial charge in [-0.3, -0.25) is 0 Å². The predicted octanol–water partition coefficient (Wildman–Crippen LogP) is 0.124. The van der Waals surface area contributed by atoms with Crippen molar-refractivity contribution in [3.8, 4) is 0 Å². The van der Waals surface area contributed by atoms with Gasteiger partial charge in [-0.25, -0.2) is 4.79 Å². The molecule has 0 aliphatic carbocycles. The van der Waals surface area contributed by atoms with Gasteiger partial charge < -0.3 is 16.4 Å². The van der Waals surface area contributed by atoms with E-state index in [0.29, 0.717) is 12.5 Å². The van der Waals surface area contributed by atoms with Crippen molar-refractivity contribution in [1.29, 1.82) is 0 Å². The number of hydrogen-bond acceptors (Lipinski definition) is 2. The minimum Gasteiger partial charge on any atom is -0.351 e. The van der Waals surface area contributed by atoms with Gasteiger partial charge in [0, 0.05) is 19.1 Å². The summed E-state index contributed by atoms with van der Waals surface area (Å²) in [5.74, 6) is 0.483. The van der Waals surface area contributed by atoms with Gasteiger partial charge in [-0.2, -0.15) is 0 Å². The van der Waals surface area contributed by atoms with Gasteiger partial charge in [0.25, 0.3) is 0 Å². The number of amides is 2. The Morgan fingerprint density at radius 1 is 1.67 bits per heavy atom. The maximum Gasteiger partial charge on any atom is 0.315 e. The number of piperidine rings is 1. The summed E-state index contributed by atoms with van der Waals surface area (Å²) in [7, 11) is 0. The fourth-order valence-corrected chi connectivity index (χ4v) is 1.88. The van der Waals surface area contributed by atoms with Crippen LogP contribution in [0.5, 0.6) is 0 Å². The van der Waals surface area contributed by atoms with Gasteiger partial charge >= 0.3 is 6.03 Å². The normalized spacial score (nSPS) is 30.3. The Balaban J connectivity index is 2.64. The summed E-state index contributed by atoms with van der Waals surface area (Å²) in [6.07, 6.45) is 2.19. The third kappa shape index (κ3) is 1.69. The Labute approximate surface area is 72.9 Å². The van der Waals surface area contributed by atoms with E-state index in [9.17, 15) is 4.79 Å². The first-order valence-electron chi connectivity index (χ1n) is 4.43. The molecule has 2 unspecified atom stereocenters. The Morgan fingerprint density at radius 2 is 2.33 bits per heavy atom. The Kier molecular flexibility index (Phi) is 2.92. The van der Waals surface area contributed by atoms with E-state index >= 15 is 0 Å². The maximum atomic E-state index is 11.0. The van der Waals surface area contributed by atoms with Crippen LogP contribution in [-0.2, 0) is 0 Å². The smallest absolute Gasteiger partial charge is 0.315 e. The molecule has 0 aromatic carbocycles. The molecule has 2 amide bonds. The lowest BCUT2D eigenvalue weighted by molar-refractivity contribution is 0.130. The van der Waals surface area contributed by atoms with Gasteiger partial charge in [-0.05, 0) is 18.8 Å². The van der Waals surface area contributed by atoms with Crippen LogP contribution in [0.25, 0.3) is 0 Å². The van der Waals surface area contributed by atoms with E-state index in [-0.39, 0.29) is 12.1 Å². The van der Waals surface area contributed by atoms with E-state index in [1.165, 1.54) is 0 Å². The maximum absolute atomic E-state index is 11.0. The first-order valence-corrected chi connectivity index (χ1v) is 4.43. The molecule has 2 atom stereocenters. The molecule has 0 aromatic heterocycles. The van der Waals surface area contributed by atoms with Crippen LogP contribution in [0, 0.1) is 5.92 Å². The number of nitrogens with two attached hydrogens (primary N) is 2. The number of hydrogen-bond donors (Lipinski definition) is 2. The quantitative estimate of drug-likeness (QED) is 0.588. The van der Waals surface area contributed by atoms with Crippen LogP contribution < -0.4 is 11.5 Å². The molecule has 1 heterocycles. The molecule has 0 spiro atoms. The standard InChI is InChI=1S/C8H17N3O/c1-6-3-2-4-11(8(10)12)7(6)5-9/h6-7H,2-5,9H2,1H3,(H2,10,12). The second-order valence-corrected chi connectivity index (χ2v) is 3.45. The Hall–Kier alpha value is -0.770. The van der Waals surface area contributed by atoms with E-state index in [1.54, 1.807) is 4.90 Å². The van der Waals surface area contributed by atoms with E-state index in [4.69, 9.17) is 11.5 Å². The van der Waals surface area contributed by atoms with Gasteiger partial charge in [-0.1, -0.05) is 6.92 Å². The molecule has 1 rings (SSSR count). The topological polar surface area (TPSA) is 72.3 Å². The monoisotopic (exact) mass is 171 g/mol. The minimum atomic E-state index is -0.336. The first-order chi connectivity index (χ1) is 5.66. The molecule has 4 nitrogen and oxygen atoms in total. The third-order valence-corrected chi connectivity index (χ3v) is 2.64. The van der Waals surface area contributed by atoms with E-state index in [2.05, 4.69) is 6.92 Å². The van der Waals surface area contributed by atoms with Crippen molar-refractivity contribution >= 4 is 6.03 Å². The predicted molar refractivity (Wildman–Crippen MR) is 47.5 cm³/mol. The van der Waals surface area contributed by atoms with Crippen LogP contribution in [0.4, 0.5) is 4.79 Å². The highest BCUT2D eigenvalue weighted by molar-refractivity contribution is 5.72. The van der Waals surface area contributed by atoms with Gasteiger partial charge in [0.15, 0.2) is 0 Å². The molecule has 4 heteroatoms. The van der Waals surface area contributed by atoms with Crippen LogP contribution in [0.3, 0.4) is 0 Å². The summed E-state index contributed by atoms with van der Waals surface area (Å²) in [4.78, 5) is 12.7. The fraction of sp³-hybridized carbons (Fsp3) is 0.875. The van der Waals surface area contributed by atoms with Crippen LogP contribution in [0.2, 0.25) is 0 Å². The van der Waals surface area contributed by atoms with Crippen LogP contribution in [0.1, 0.15) is 19.8 Å². The Bertz CT molecular complexity index is 172. The Morgan fingerprint density at radius 3 is 2.75 bits per heavy atom. The molecule has 0 radical (unpaired) electrons. The molecule has 1 fully saturated rings. The number of urea groups is 1. The van der Waals surface area contributed by atoms with E-state index < -0.39 is 0 Å². The van der Waals surface area contributed by atoms with E-state index in [1.807, 2.05) is 0 Å². The zero-order chi connectivity index (χ0) is 9.14. The number of primary amides is 1. The zero-order valence-electron chi connectivity index (χ0n) is 7.49. The fourth-order valence-electron chi connectivity index (χ4n) is 1.88. The van der Waals surface area contributed by atoms with Crippen LogP contribution in [0.15, 0.2) is 0 Å². The van der Waals surface area contributed by atoms with Gasteiger partial charge in [0.2, 0.25) is 0 Å². The highest BCUT2D eigenvalue weighted by atomic mass is 16.2. The molecule has 12 heavy (non-hydrogen) atoms. The summed E-state index contributed by atoms with van der Waals surface area (Å²) < 4.78 is 0. The largest absolute Gasteiger partial charge is 0.351 e. The average molecular weight is 171 g/mol. The summed E-state index contributed by atoms with van der Waals surface area (Å²) in [6.45, 7) is 3.40.